The second kappa shape index (κ2) is 82.9. The summed E-state index contributed by atoms with van der Waals surface area (Å²) in [6, 6.07) is 0. The minimum Gasteiger partial charge on any atom is -0.462 e. The minimum absolute atomic E-state index is 0.0128. The van der Waals surface area contributed by atoms with Crippen molar-refractivity contribution in [3.05, 3.63) is 194 Å². The molecule has 634 valence electrons. The minimum atomic E-state index is -5.03. The van der Waals surface area contributed by atoms with E-state index in [-0.39, 0.29) is 25.7 Å². The monoisotopic (exact) mass is 1600 g/mol. The molecular weight excluding hydrogens is 1450 g/mol. The third kappa shape index (κ3) is 81.9. The first-order chi connectivity index (χ1) is 54.7. The highest BCUT2D eigenvalue weighted by Gasteiger charge is 2.30. The molecule has 17 nitrogen and oxygen atoms in total. The van der Waals surface area contributed by atoms with Crippen LogP contribution in [-0.2, 0) is 65.4 Å². The lowest BCUT2D eigenvalue weighted by atomic mass is 10.0. The van der Waals surface area contributed by atoms with E-state index in [1.165, 1.54) is 64.2 Å². The second-order valence-electron chi connectivity index (χ2n) is 27.6. The molecule has 0 heterocycles. The summed E-state index contributed by atoms with van der Waals surface area (Å²) in [7, 11) is -10.0. The second-order valence-corrected chi connectivity index (χ2v) is 30.5. The number of carbonyl (C=O) groups is 4. The van der Waals surface area contributed by atoms with Crippen LogP contribution >= 0.6 is 15.6 Å². The average molecular weight is 1600 g/mol. The Bertz CT molecular complexity index is 2890. The quantitative estimate of drug-likeness (QED) is 0.0169. The van der Waals surface area contributed by atoms with Gasteiger partial charge in [-0.2, -0.15) is 0 Å². The van der Waals surface area contributed by atoms with Gasteiger partial charge in [-0.05, 0) is 141 Å². The number of hydrogen-bond acceptors (Lipinski definition) is 15. The van der Waals surface area contributed by atoms with Crippen molar-refractivity contribution < 1.29 is 80.2 Å². The maximum Gasteiger partial charge on any atom is 0.472 e. The Balaban J connectivity index is 5.53. The van der Waals surface area contributed by atoms with Crippen LogP contribution in [0.4, 0.5) is 0 Å². The topological polar surface area (TPSA) is 237 Å². The summed E-state index contributed by atoms with van der Waals surface area (Å²) in [5.41, 5.74) is 0. The molecule has 0 aromatic rings. The van der Waals surface area contributed by atoms with E-state index < -0.39 is 97.5 Å². The number of aliphatic hydroxyl groups excluding tert-OH is 1. The Morgan fingerprint density at radius 2 is 0.482 bits per heavy atom. The molecule has 0 bridgehead atoms. The number of allylic oxidation sites excluding steroid dienone is 32. The number of carbonyl (C=O) groups excluding carboxylic acids is 4. The maximum atomic E-state index is 13.1. The van der Waals surface area contributed by atoms with Crippen LogP contribution in [0.1, 0.15) is 310 Å². The molecule has 3 N–H and O–H groups in total. The number of phosphoric acid groups is 2. The third-order valence-corrected chi connectivity index (χ3v) is 19.0. The molecule has 0 aromatic heterocycles. The van der Waals surface area contributed by atoms with E-state index >= 15 is 0 Å². The summed E-state index contributed by atoms with van der Waals surface area (Å²) < 4.78 is 68.6. The van der Waals surface area contributed by atoms with E-state index in [1.54, 1.807) is 0 Å². The summed E-state index contributed by atoms with van der Waals surface area (Å²) >= 11 is 0. The number of hydrogen-bond donors (Lipinski definition) is 3. The molecule has 0 aliphatic heterocycles. The summed E-state index contributed by atoms with van der Waals surface area (Å²) in [6.07, 6.45) is 103. The molecule has 0 aliphatic rings. The molecule has 0 spiro atoms. The van der Waals surface area contributed by atoms with E-state index in [2.05, 4.69) is 186 Å². The van der Waals surface area contributed by atoms with Gasteiger partial charge in [0.15, 0.2) is 12.2 Å². The van der Waals surface area contributed by atoms with E-state index in [0.717, 1.165) is 154 Å². The molecule has 0 saturated heterocycles. The largest absolute Gasteiger partial charge is 0.472 e. The van der Waals surface area contributed by atoms with Gasteiger partial charge in [-0.25, -0.2) is 9.13 Å². The fourth-order valence-corrected chi connectivity index (χ4v) is 12.3. The molecule has 0 amide bonds. The van der Waals surface area contributed by atoms with Crippen molar-refractivity contribution >= 4 is 39.5 Å². The highest BCUT2D eigenvalue weighted by molar-refractivity contribution is 7.47. The normalized spacial score (nSPS) is 14.7. The number of ether oxygens (including phenoxy) is 4. The van der Waals surface area contributed by atoms with Crippen LogP contribution in [-0.4, -0.2) is 96.7 Å². The van der Waals surface area contributed by atoms with Gasteiger partial charge in [0.1, 0.15) is 19.3 Å². The molecule has 0 fully saturated rings. The van der Waals surface area contributed by atoms with Gasteiger partial charge in [0.05, 0.1) is 26.4 Å². The molecule has 0 rings (SSSR count). The smallest absolute Gasteiger partial charge is 0.462 e. The van der Waals surface area contributed by atoms with E-state index in [4.69, 9.17) is 37.0 Å². The number of phosphoric ester groups is 2. The lowest BCUT2D eigenvalue weighted by Crippen LogP contribution is -2.30. The standard InChI is InChI=1S/C93H150O17P2/c1-5-9-13-17-21-25-29-33-37-40-43-46-50-53-57-61-65-69-73-77-90(95)103-83-88(109-92(97)79-75-71-67-63-59-55-49-36-32-28-24-20-16-12-8-4)85-107-111(99,100)105-81-87(94)82-106-112(101,102)108-86-89(110-93(98)80-76-72-68-64-60-56-52-48-45-42-39-35-31-27-23-19-15-11-7-3)84-104-91(96)78-74-70-66-62-58-54-51-47-44-41-38-34-30-26-22-18-14-10-6-2/h9-11,13-15,21-23,25-27,33-35,37-39,43-48,54,56,58,60,66,68,70,72,87-89,94H,5-8,12,16-20,24,28-32,36,40-42,49-53,55,57,59,61-65,67,69,71,73-86H2,1-4H3,(H,99,100)(H,101,102)/b13-9-,14-10-,15-11-,25-21-,26-22-,27-23-,37-33-,38-34-,39-35-,46-43-,47-44-,48-45-,58-54-,60-56-,70-66-,72-68-. The molecule has 5 atom stereocenters. The van der Waals surface area contributed by atoms with E-state index in [9.17, 15) is 43.2 Å². The van der Waals surface area contributed by atoms with E-state index in [1.807, 2.05) is 36.5 Å². The number of rotatable bonds is 78. The predicted octanol–water partition coefficient (Wildman–Crippen LogP) is 25.7. The van der Waals surface area contributed by atoms with Crippen molar-refractivity contribution in [1.82, 2.24) is 0 Å². The Hall–Kier alpha value is -6.10. The van der Waals surface area contributed by atoms with Crippen LogP contribution in [0.2, 0.25) is 0 Å². The Kier molecular flexibility index (Phi) is 78.4. The summed E-state index contributed by atoms with van der Waals surface area (Å²) in [4.78, 5) is 73.2. The summed E-state index contributed by atoms with van der Waals surface area (Å²) in [5, 5.41) is 10.7. The van der Waals surface area contributed by atoms with Crippen LogP contribution in [0, 0.1) is 0 Å². The van der Waals surface area contributed by atoms with Crippen molar-refractivity contribution in [2.75, 3.05) is 39.6 Å². The first kappa shape index (κ1) is 106. The van der Waals surface area contributed by atoms with Gasteiger partial charge < -0.3 is 33.8 Å². The van der Waals surface area contributed by atoms with Gasteiger partial charge in [0.25, 0.3) is 0 Å². The maximum absolute atomic E-state index is 13.1. The fourth-order valence-electron chi connectivity index (χ4n) is 10.7. The highest BCUT2D eigenvalue weighted by atomic mass is 31.2. The SMILES string of the molecule is CC/C=C\C/C=C\C/C=C\C/C=C\C/C=C\C/C=C\CCC(=O)OCC(COP(=O)(O)OCC(O)COP(=O)(O)OCC(COC(=O)CCCCCCCC/C=C\C/C=C\C/C=C\C/C=C\CC)OC(=O)CCCCCCCCCCCCCCCCC)OC(=O)CC/C=C\C/C=C\C/C=C\C/C=C\C/C=C\C/C=C\CC. The highest BCUT2D eigenvalue weighted by Crippen LogP contribution is 2.45. The van der Waals surface area contributed by atoms with Crippen LogP contribution in [0.5, 0.6) is 0 Å². The zero-order valence-corrected chi connectivity index (χ0v) is 71.3. The molecule has 5 unspecified atom stereocenters. The summed E-state index contributed by atoms with van der Waals surface area (Å²) in [6.45, 7) is 4.36. The zero-order chi connectivity index (χ0) is 81.7. The van der Waals surface area contributed by atoms with Crippen LogP contribution in [0.15, 0.2) is 194 Å². The van der Waals surface area contributed by atoms with Gasteiger partial charge >= 0.3 is 39.5 Å². The van der Waals surface area contributed by atoms with Crippen LogP contribution in [0.3, 0.4) is 0 Å². The number of esters is 4. The number of unbranched alkanes of at least 4 members (excludes halogenated alkanes) is 20. The number of aliphatic hydroxyl groups is 1. The Morgan fingerprint density at radius 1 is 0.259 bits per heavy atom. The van der Waals surface area contributed by atoms with Crippen molar-refractivity contribution in [3.63, 3.8) is 0 Å². The van der Waals surface area contributed by atoms with Gasteiger partial charge in [-0.1, -0.05) is 338 Å². The first-order valence-corrected chi connectivity index (χ1v) is 45.7. The molecule has 0 aromatic carbocycles. The molecule has 19 heteroatoms. The first-order valence-electron chi connectivity index (χ1n) is 42.7. The predicted molar refractivity (Wildman–Crippen MR) is 463 cm³/mol. The van der Waals surface area contributed by atoms with Crippen LogP contribution < -0.4 is 0 Å². The average Bonchev–Trinajstić information content (AvgIpc) is 0.898. The third-order valence-electron chi connectivity index (χ3n) is 17.1. The zero-order valence-electron chi connectivity index (χ0n) is 69.5. The van der Waals surface area contributed by atoms with Crippen molar-refractivity contribution in [1.29, 1.82) is 0 Å². The molecule has 112 heavy (non-hydrogen) atoms. The Morgan fingerprint density at radius 3 is 0.786 bits per heavy atom. The fraction of sp³-hybridized carbons (Fsp3) is 0.613. The molecule has 0 aliphatic carbocycles. The van der Waals surface area contributed by atoms with Gasteiger partial charge in [0.2, 0.25) is 0 Å². The van der Waals surface area contributed by atoms with Gasteiger partial charge in [-0.3, -0.25) is 37.3 Å². The summed E-state index contributed by atoms with van der Waals surface area (Å²) in [5.74, 6) is -2.39. The van der Waals surface area contributed by atoms with Crippen molar-refractivity contribution in [2.24, 2.45) is 0 Å². The van der Waals surface area contributed by atoms with E-state index in [0.29, 0.717) is 38.5 Å². The lowest BCUT2D eigenvalue weighted by molar-refractivity contribution is -0.161. The molecule has 0 saturated carbocycles. The Labute approximate surface area is 678 Å². The van der Waals surface area contributed by atoms with Crippen molar-refractivity contribution in [2.45, 2.75) is 329 Å². The van der Waals surface area contributed by atoms with Gasteiger partial charge in [0, 0.05) is 25.7 Å². The van der Waals surface area contributed by atoms with Gasteiger partial charge in [-0.15, -0.1) is 0 Å². The van der Waals surface area contributed by atoms with Crippen molar-refractivity contribution in [3.8, 4) is 0 Å². The lowest BCUT2D eigenvalue weighted by Gasteiger charge is -2.21. The van der Waals surface area contributed by atoms with Crippen LogP contribution in [0.25, 0.3) is 0 Å². The molecular formula is C93H150O17P2. The molecule has 0 radical (unpaired) electrons.